The second-order valence-corrected chi connectivity index (χ2v) is 6.84. The molecule has 1 N–H and O–H groups in total. The number of nitrogens with zero attached hydrogens (tertiary/aromatic N) is 1. The van der Waals surface area contributed by atoms with Crippen LogP contribution >= 0.6 is 0 Å². The highest BCUT2D eigenvalue weighted by atomic mass is 16.5. The molecule has 0 saturated heterocycles. The van der Waals surface area contributed by atoms with Crippen molar-refractivity contribution in [3.63, 3.8) is 0 Å². The number of pyridine rings is 1. The molecule has 4 rings (SSSR count). The lowest BCUT2D eigenvalue weighted by molar-refractivity contribution is -0.144. The van der Waals surface area contributed by atoms with Crippen LogP contribution in [0.5, 0.6) is 0 Å². The average molecular weight is 400 g/mol. The van der Waals surface area contributed by atoms with Crippen LogP contribution in [0.3, 0.4) is 0 Å². The van der Waals surface area contributed by atoms with Crippen LogP contribution in [0, 0.1) is 0 Å². The molecule has 2 aromatic carbocycles. The third kappa shape index (κ3) is 4.38. The average Bonchev–Trinajstić information content (AvgIpc) is 3.21. The van der Waals surface area contributed by atoms with Gasteiger partial charge in [0.2, 0.25) is 0 Å². The summed E-state index contributed by atoms with van der Waals surface area (Å²) in [4.78, 5) is 28.5. The summed E-state index contributed by atoms with van der Waals surface area (Å²) in [5, 5.41) is 4.71. The minimum atomic E-state index is -0.602. The van der Waals surface area contributed by atoms with Gasteiger partial charge in [-0.25, -0.2) is 4.79 Å². The number of benzene rings is 2. The van der Waals surface area contributed by atoms with Crippen LogP contribution in [0.15, 0.2) is 77.4 Å². The number of amides is 1. The number of carbonyl (C=O) groups is 2. The number of esters is 1. The predicted octanol–water partition coefficient (Wildman–Crippen LogP) is 4.41. The van der Waals surface area contributed by atoms with Gasteiger partial charge >= 0.3 is 5.97 Å². The van der Waals surface area contributed by atoms with E-state index in [0.29, 0.717) is 5.76 Å². The predicted molar refractivity (Wildman–Crippen MR) is 115 cm³/mol. The molecule has 0 aliphatic rings. The summed E-state index contributed by atoms with van der Waals surface area (Å²) in [5.74, 6) is -0.370. The van der Waals surface area contributed by atoms with Crippen molar-refractivity contribution in [3.05, 3.63) is 84.3 Å². The van der Waals surface area contributed by atoms with Crippen LogP contribution in [0.25, 0.3) is 27.9 Å². The zero-order chi connectivity index (χ0) is 20.9. The molecule has 0 unspecified atom stereocenters. The second-order valence-electron chi connectivity index (χ2n) is 6.84. The highest BCUT2D eigenvalue weighted by Crippen LogP contribution is 2.23. The Morgan fingerprint density at radius 1 is 1.10 bits per heavy atom. The summed E-state index contributed by atoms with van der Waals surface area (Å²) in [6.07, 6.45) is 4.62. The van der Waals surface area contributed by atoms with Gasteiger partial charge in [0.05, 0.1) is 11.6 Å². The van der Waals surface area contributed by atoms with E-state index < -0.39 is 11.9 Å². The van der Waals surface area contributed by atoms with Crippen molar-refractivity contribution in [3.8, 4) is 0 Å². The van der Waals surface area contributed by atoms with E-state index in [4.69, 9.17) is 9.15 Å². The molecule has 0 fully saturated rings. The fourth-order valence-corrected chi connectivity index (χ4v) is 3.17. The van der Waals surface area contributed by atoms with Crippen LogP contribution in [0.1, 0.15) is 24.3 Å². The van der Waals surface area contributed by atoms with Gasteiger partial charge in [-0.3, -0.25) is 9.78 Å². The third-order valence-electron chi connectivity index (χ3n) is 4.66. The highest BCUT2D eigenvalue weighted by molar-refractivity contribution is 5.93. The van der Waals surface area contributed by atoms with Gasteiger partial charge in [-0.2, -0.15) is 0 Å². The Labute approximate surface area is 173 Å². The number of hydrogen-bond donors (Lipinski definition) is 1. The summed E-state index contributed by atoms with van der Waals surface area (Å²) in [6, 6.07) is 18.7. The zero-order valence-corrected chi connectivity index (χ0v) is 16.4. The summed E-state index contributed by atoms with van der Waals surface area (Å²) in [7, 11) is 0. The number of carbonyl (C=O) groups excluding carboxylic acids is 2. The molecule has 0 radical (unpaired) electrons. The molecule has 150 valence electrons. The van der Waals surface area contributed by atoms with Crippen molar-refractivity contribution in [1.29, 1.82) is 0 Å². The Morgan fingerprint density at radius 2 is 1.90 bits per heavy atom. The van der Waals surface area contributed by atoms with Gasteiger partial charge in [0.1, 0.15) is 11.3 Å². The van der Waals surface area contributed by atoms with Crippen molar-refractivity contribution < 1.29 is 18.7 Å². The lowest BCUT2D eigenvalue weighted by atomic mass is 10.1. The fraction of sp³-hybridized carbons (Fsp3) is 0.125. The maximum atomic E-state index is 12.1. The Bertz CT molecular complexity index is 1200. The van der Waals surface area contributed by atoms with E-state index in [1.54, 1.807) is 12.3 Å². The van der Waals surface area contributed by atoms with Crippen molar-refractivity contribution in [2.75, 3.05) is 6.61 Å². The van der Waals surface area contributed by atoms with Gasteiger partial charge in [-0.05, 0) is 31.2 Å². The Balaban J connectivity index is 1.32. The molecule has 0 saturated carbocycles. The first-order valence-corrected chi connectivity index (χ1v) is 9.56. The van der Waals surface area contributed by atoms with Gasteiger partial charge in [-0.1, -0.05) is 42.5 Å². The zero-order valence-electron chi connectivity index (χ0n) is 16.4. The highest BCUT2D eigenvalue weighted by Gasteiger charge is 2.15. The van der Waals surface area contributed by atoms with Gasteiger partial charge < -0.3 is 14.5 Å². The van der Waals surface area contributed by atoms with Gasteiger partial charge in [-0.15, -0.1) is 0 Å². The van der Waals surface area contributed by atoms with E-state index >= 15 is 0 Å². The Hall–Kier alpha value is -3.93. The van der Waals surface area contributed by atoms with Crippen molar-refractivity contribution >= 4 is 39.8 Å². The standard InChI is InChI=1S/C24H20N2O4/c1-16(21-14-19-6-2-3-10-20(19)30-21)26-22(27)15-29-23(28)12-11-18-8-4-7-17-9-5-13-25-24(17)18/h2-14,16H,15H2,1H3,(H,26,27)/b12-11+/t16-/m1/s1. The molecule has 4 aromatic rings. The van der Waals surface area contributed by atoms with E-state index in [1.165, 1.54) is 6.08 Å². The van der Waals surface area contributed by atoms with Crippen molar-refractivity contribution in [2.45, 2.75) is 13.0 Å². The first-order valence-electron chi connectivity index (χ1n) is 9.56. The number of fused-ring (bicyclic) bond motifs is 2. The van der Waals surface area contributed by atoms with Crippen LogP contribution < -0.4 is 5.32 Å². The van der Waals surface area contributed by atoms with E-state index in [0.717, 1.165) is 27.4 Å². The lowest BCUT2D eigenvalue weighted by Crippen LogP contribution is -2.30. The van der Waals surface area contributed by atoms with Crippen molar-refractivity contribution in [1.82, 2.24) is 10.3 Å². The van der Waals surface area contributed by atoms with E-state index in [1.807, 2.05) is 67.6 Å². The lowest BCUT2D eigenvalue weighted by Gasteiger charge is -2.11. The topological polar surface area (TPSA) is 81.4 Å². The Kier molecular flexibility index (Phi) is 5.57. The van der Waals surface area contributed by atoms with Gasteiger partial charge in [0.15, 0.2) is 6.61 Å². The molecule has 6 nitrogen and oxygen atoms in total. The number of rotatable bonds is 6. The molecule has 1 amide bonds. The molecule has 0 spiro atoms. The summed E-state index contributed by atoms with van der Waals surface area (Å²) in [6.45, 7) is 1.44. The fourth-order valence-electron chi connectivity index (χ4n) is 3.17. The number of nitrogens with one attached hydrogen (secondary N) is 1. The SMILES string of the molecule is C[C@@H](NC(=O)COC(=O)/C=C/c1cccc2cccnc12)c1cc2ccccc2o1. The first kappa shape index (κ1) is 19.4. The largest absolute Gasteiger partial charge is 0.459 e. The minimum absolute atomic E-state index is 0.346. The smallest absolute Gasteiger partial charge is 0.331 e. The van der Waals surface area contributed by atoms with Gasteiger partial charge in [0, 0.05) is 28.6 Å². The monoisotopic (exact) mass is 400 g/mol. The van der Waals surface area contributed by atoms with E-state index in [9.17, 15) is 9.59 Å². The first-order chi connectivity index (χ1) is 14.6. The van der Waals surface area contributed by atoms with Crippen LogP contribution in [0.4, 0.5) is 0 Å². The minimum Gasteiger partial charge on any atom is -0.459 e. The van der Waals surface area contributed by atoms with Crippen LogP contribution in [-0.4, -0.2) is 23.5 Å². The summed E-state index contributed by atoms with van der Waals surface area (Å²) < 4.78 is 10.8. The number of para-hydroxylation sites is 2. The molecule has 6 heteroatoms. The van der Waals surface area contributed by atoms with Crippen LogP contribution in [-0.2, 0) is 14.3 Å². The number of aromatic nitrogens is 1. The second kappa shape index (κ2) is 8.61. The maximum absolute atomic E-state index is 12.1. The number of furan rings is 1. The van der Waals surface area contributed by atoms with Crippen molar-refractivity contribution in [2.24, 2.45) is 0 Å². The van der Waals surface area contributed by atoms with E-state index in [2.05, 4.69) is 10.3 Å². The van der Waals surface area contributed by atoms with Gasteiger partial charge in [0.25, 0.3) is 5.91 Å². The normalized spacial score (nSPS) is 12.3. The molecule has 2 heterocycles. The third-order valence-corrected chi connectivity index (χ3v) is 4.66. The molecular formula is C24H20N2O4. The summed E-state index contributed by atoms with van der Waals surface area (Å²) >= 11 is 0. The molecule has 1 atom stereocenters. The number of hydrogen-bond acceptors (Lipinski definition) is 5. The quantitative estimate of drug-likeness (QED) is 0.383. The molecular weight excluding hydrogens is 380 g/mol. The van der Waals surface area contributed by atoms with Crippen LogP contribution in [0.2, 0.25) is 0 Å². The molecule has 30 heavy (non-hydrogen) atoms. The van der Waals surface area contributed by atoms with E-state index in [-0.39, 0.29) is 12.6 Å². The Morgan fingerprint density at radius 3 is 2.77 bits per heavy atom. The number of ether oxygens (including phenoxy) is 1. The molecule has 2 aromatic heterocycles. The molecule has 0 aliphatic heterocycles. The molecule has 0 aliphatic carbocycles. The molecule has 0 bridgehead atoms. The summed E-state index contributed by atoms with van der Waals surface area (Å²) in [5.41, 5.74) is 2.35. The maximum Gasteiger partial charge on any atom is 0.331 e.